The van der Waals surface area contributed by atoms with Gasteiger partial charge in [0.1, 0.15) is 6.61 Å². The zero-order valence-electron chi connectivity index (χ0n) is 15.8. The Labute approximate surface area is 168 Å². The van der Waals surface area contributed by atoms with E-state index in [9.17, 15) is 0 Å². The molecule has 0 aromatic heterocycles. The van der Waals surface area contributed by atoms with Crippen molar-refractivity contribution in [1.82, 2.24) is 5.32 Å². The Kier molecular flexibility index (Phi) is 10.5. The van der Waals surface area contributed by atoms with Crippen LogP contribution < -0.4 is 14.8 Å². The molecule has 2 aromatic carbocycles. The summed E-state index contributed by atoms with van der Waals surface area (Å²) in [5, 5.41) is 4.02. The zero-order chi connectivity index (χ0) is 18.1. The van der Waals surface area contributed by atoms with Crippen LogP contribution in [0.5, 0.6) is 11.5 Å². The molecule has 0 saturated heterocycles. The van der Waals surface area contributed by atoms with E-state index in [0.29, 0.717) is 29.7 Å². The number of rotatable bonds is 10. The highest BCUT2D eigenvalue weighted by Gasteiger charge is 2.13. The first-order valence-corrected chi connectivity index (χ1v) is 9.36. The van der Waals surface area contributed by atoms with E-state index in [1.54, 1.807) is 0 Å². The van der Waals surface area contributed by atoms with E-state index in [1.165, 1.54) is 18.4 Å². The number of nitrogens with one attached hydrogen (secondary N) is 1. The Hall–Kier alpha value is -1.42. The van der Waals surface area contributed by atoms with E-state index in [1.807, 2.05) is 19.1 Å². The number of ether oxygens (including phenoxy) is 2. The van der Waals surface area contributed by atoms with E-state index in [2.05, 4.69) is 43.4 Å². The number of hydrogen-bond donors (Lipinski definition) is 1. The third-order valence-electron chi connectivity index (χ3n) is 3.91. The first kappa shape index (κ1) is 22.6. The number of benzene rings is 2. The van der Waals surface area contributed by atoms with Crippen LogP contribution in [0.3, 0.4) is 0 Å². The summed E-state index contributed by atoms with van der Waals surface area (Å²) in [6.45, 7) is 9.04. The van der Waals surface area contributed by atoms with Gasteiger partial charge in [-0.15, -0.1) is 12.4 Å². The fraction of sp³-hybridized carbons (Fsp3) is 0.429. The highest BCUT2D eigenvalue weighted by Crippen LogP contribution is 2.37. The van der Waals surface area contributed by atoms with E-state index in [4.69, 9.17) is 21.1 Å². The number of hydrogen-bond acceptors (Lipinski definition) is 3. The second kappa shape index (κ2) is 12.1. The second-order valence-electron chi connectivity index (χ2n) is 6.14. The smallest absolute Gasteiger partial charge is 0.180 e. The molecule has 0 saturated carbocycles. The van der Waals surface area contributed by atoms with E-state index < -0.39 is 0 Å². The summed E-state index contributed by atoms with van der Waals surface area (Å²) in [5.74, 6) is 1.32. The number of unbranched alkanes of at least 4 members (excludes halogenated alkanes) is 1. The van der Waals surface area contributed by atoms with Gasteiger partial charge in [0.2, 0.25) is 0 Å². The zero-order valence-corrected chi connectivity index (χ0v) is 17.4. The molecule has 144 valence electrons. The quantitative estimate of drug-likeness (QED) is 0.503. The molecule has 5 heteroatoms. The van der Waals surface area contributed by atoms with Crippen LogP contribution in [-0.2, 0) is 13.2 Å². The van der Waals surface area contributed by atoms with Gasteiger partial charge in [0.15, 0.2) is 11.5 Å². The van der Waals surface area contributed by atoms with Crippen molar-refractivity contribution in [1.29, 1.82) is 0 Å². The van der Waals surface area contributed by atoms with Crippen molar-refractivity contribution in [3.05, 3.63) is 58.1 Å². The van der Waals surface area contributed by atoms with Gasteiger partial charge in [-0.1, -0.05) is 54.8 Å². The fourth-order valence-corrected chi connectivity index (χ4v) is 2.79. The predicted molar refractivity (Wildman–Crippen MR) is 112 cm³/mol. The minimum Gasteiger partial charge on any atom is -0.490 e. The van der Waals surface area contributed by atoms with Crippen LogP contribution in [0, 0.1) is 6.92 Å². The van der Waals surface area contributed by atoms with Gasteiger partial charge < -0.3 is 14.8 Å². The predicted octanol–water partition coefficient (Wildman–Crippen LogP) is 5.94. The maximum absolute atomic E-state index is 6.47. The van der Waals surface area contributed by atoms with Crippen molar-refractivity contribution in [3.8, 4) is 11.5 Å². The second-order valence-corrected chi connectivity index (χ2v) is 6.55. The third kappa shape index (κ3) is 7.06. The van der Waals surface area contributed by atoms with Crippen molar-refractivity contribution in [2.24, 2.45) is 0 Å². The number of aryl methyl sites for hydroxylation is 1. The molecule has 26 heavy (non-hydrogen) atoms. The van der Waals surface area contributed by atoms with Crippen LogP contribution in [0.1, 0.15) is 43.4 Å². The van der Waals surface area contributed by atoms with Crippen LogP contribution >= 0.6 is 24.0 Å². The van der Waals surface area contributed by atoms with E-state index in [0.717, 1.165) is 24.2 Å². The molecular formula is C21H29Cl2NO2. The standard InChI is InChI=1S/C21H28ClNO2.ClH/c1-4-6-11-23-14-18-12-19(22)21(20(13-18)24-5-2)25-15-17-9-7-16(3)8-10-17;/h7-10,12-13,23H,4-6,11,14-15H2,1-3H3;1H. The lowest BCUT2D eigenvalue weighted by atomic mass is 10.1. The Morgan fingerprint density at radius 3 is 2.38 bits per heavy atom. The highest BCUT2D eigenvalue weighted by molar-refractivity contribution is 6.32. The van der Waals surface area contributed by atoms with E-state index in [-0.39, 0.29) is 12.4 Å². The lowest BCUT2D eigenvalue weighted by molar-refractivity contribution is 0.269. The summed E-state index contributed by atoms with van der Waals surface area (Å²) in [6.07, 6.45) is 2.35. The van der Waals surface area contributed by atoms with Gasteiger partial charge in [0, 0.05) is 6.54 Å². The van der Waals surface area contributed by atoms with Crippen LogP contribution in [0.15, 0.2) is 36.4 Å². The summed E-state index contributed by atoms with van der Waals surface area (Å²) in [5.41, 5.74) is 3.44. The highest BCUT2D eigenvalue weighted by atomic mass is 35.5. The molecule has 0 bridgehead atoms. The molecule has 0 fully saturated rings. The van der Waals surface area contributed by atoms with Crippen LogP contribution in [0.2, 0.25) is 5.02 Å². The minimum atomic E-state index is 0. The minimum absolute atomic E-state index is 0. The third-order valence-corrected chi connectivity index (χ3v) is 4.19. The summed E-state index contributed by atoms with van der Waals surface area (Å²) in [7, 11) is 0. The van der Waals surface area contributed by atoms with Gasteiger partial charge in [-0.3, -0.25) is 0 Å². The van der Waals surface area contributed by atoms with Gasteiger partial charge >= 0.3 is 0 Å². The Balaban J connectivity index is 0.00000338. The molecule has 1 N–H and O–H groups in total. The summed E-state index contributed by atoms with van der Waals surface area (Å²) in [4.78, 5) is 0. The molecule has 0 radical (unpaired) electrons. The molecule has 2 rings (SSSR count). The van der Waals surface area contributed by atoms with Gasteiger partial charge in [0.05, 0.1) is 11.6 Å². The first-order chi connectivity index (χ1) is 12.1. The largest absolute Gasteiger partial charge is 0.490 e. The van der Waals surface area contributed by atoms with Gasteiger partial charge in [0.25, 0.3) is 0 Å². The Morgan fingerprint density at radius 1 is 1.00 bits per heavy atom. The summed E-state index contributed by atoms with van der Waals surface area (Å²) in [6, 6.07) is 12.3. The normalized spacial score (nSPS) is 10.3. The lowest BCUT2D eigenvalue weighted by Crippen LogP contribution is -2.14. The molecule has 0 aliphatic rings. The van der Waals surface area contributed by atoms with Gasteiger partial charge in [-0.25, -0.2) is 0 Å². The van der Waals surface area contributed by atoms with Crippen LogP contribution in [0.25, 0.3) is 0 Å². The van der Waals surface area contributed by atoms with Gasteiger partial charge in [-0.2, -0.15) is 0 Å². The molecule has 0 spiro atoms. The number of halogens is 2. The molecule has 0 aliphatic heterocycles. The Bertz CT molecular complexity index is 660. The average molecular weight is 398 g/mol. The maximum Gasteiger partial charge on any atom is 0.180 e. The average Bonchev–Trinajstić information content (AvgIpc) is 2.60. The van der Waals surface area contributed by atoms with Crippen molar-refractivity contribution in [2.75, 3.05) is 13.2 Å². The molecule has 0 unspecified atom stereocenters. The van der Waals surface area contributed by atoms with Crippen molar-refractivity contribution >= 4 is 24.0 Å². The monoisotopic (exact) mass is 397 g/mol. The van der Waals surface area contributed by atoms with Crippen molar-refractivity contribution in [2.45, 2.75) is 46.8 Å². The van der Waals surface area contributed by atoms with Crippen LogP contribution in [-0.4, -0.2) is 13.2 Å². The maximum atomic E-state index is 6.47. The molecule has 0 amide bonds. The summed E-state index contributed by atoms with van der Waals surface area (Å²) < 4.78 is 11.7. The fourth-order valence-electron chi connectivity index (χ4n) is 2.50. The van der Waals surface area contributed by atoms with Crippen molar-refractivity contribution in [3.63, 3.8) is 0 Å². The van der Waals surface area contributed by atoms with E-state index >= 15 is 0 Å². The molecule has 2 aromatic rings. The molecule has 0 atom stereocenters. The molecular weight excluding hydrogens is 369 g/mol. The SMILES string of the molecule is CCCCNCc1cc(Cl)c(OCc2ccc(C)cc2)c(OCC)c1.Cl. The van der Waals surface area contributed by atoms with Gasteiger partial charge in [-0.05, 0) is 50.1 Å². The lowest BCUT2D eigenvalue weighted by Gasteiger charge is -2.16. The molecule has 3 nitrogen and oxygen atoms in total. The molecule has 0 heterocycles. The summed E-state index contributed by atoms with van der Waals surface area (Å²) >= 11 is 6.47. The van der Waals surface area contributed by atoms with Crippen molar-refractivity contribution < 1.29 is 9.47 Å². The molecule has 0 aliphatic carbocycles. The first-order valence-electron chi connectivity index (χ1n) is 8.98. The topological polar surface area (TPSA) is 30.5 Å². The van der Waals surface area contributed by atoms with Crippen LogP contribution in [0.4, 0.5) is 0 Å². The Morgan fingerprint density at radius 2 is 1.73 bits per heavy atom.